The van der Waals surface area contributed by atoms with Crippen LogP contribution < -0.4 is 26.6 Å². The zero-order valence-electron chi connectivity index (χ0n) is 12.1. The molecule has 116 valence electrons. The van der Waals surface area contributed by atoms with Crippen molar-refractivity contribution in [1.82, 2.24) is 15.0 Å². The van der Waals surface area contributed by atoms with Gasteiger partial charge in [-0.25, -0.2) is 5.84 Å². The van der Waals surface area contributed by atoms with Crippen molar-refractivity contribution < 1.29 is 9.53 Å². The van der Waals surface area contributed by atoms with E-state index in [1.807, 2.05) is 6.92 Å². The molecule has 1 aromatic rings. The molecular formula is C12H21N7O2. The predicted octanol–water partition coefficient (Wildman–Crippen LogP) is -0.210. The van der Waals surface area contributed by atoms with Crippen molar-refractivity contribution in [3.63, 3.8) is 0 Å². The molecule has 0 saturated carbocycles. The van der Waals surface area contributed by atoms with E-state index < -0.39 is 6.04 Å². The van der Waals surface area contributed by atoms with Crippen LogP contribution in [0.4, 0.5) is 11.9 Å². The molecular weight excluding hydrogens is 274 g/mol. The van der Waals surface area contributed by atoms with Crippen molar-refractivity contribution >= 4 is 17.8 Å². The number of amides is 1. The molecule has 2 rings (SSSR count). The molecule has 0 radical (unpaired) electrons. The molecule has 1 amide bonds. The van der Waals surface area contributed by atoms with Crippen molar-refractivity contribution in [2.75, 3.05) is 23.5 Å². The summed E-state index contributed by atoms with van der Waals surface area (Å²) in [7, 11) is 0. The third kappa shape index (κ3) is 3.69. The monoisotopic (exact) mass is 295 g/mol. The summed E-state index contributed by atoms with van der Waals surface area (Å²) >= 11 is 0. The number of piperidine rings is 1. The highest BCUT2D eigenvalue weighted by atomic mass is 16.5. The molecule has 0 bridgehead atoms. The van der Waals surface area contributed by atoms with Gasteiger partial charge in [-0.2, -0.15) is 15.0 Å². The van der Waals surface area contributed by atoms with Crippen molar-refractivity contribution in [3.05, 3.63) is 0 Å². The largest absolute Gasteiger partial charge is 0.463 e. The highest BCUT2D eigenvalue weighted by Gasteiger charge is 2.29. The average Bonchev–Trinajstić information content (AvgIpc) is 2.52. The lowest BCUT2D eigenvalue weighted by atomic mass is 10.0. The fourth-order valence-corrected chi connectivity index (χ4v) is 2.26. The van der Waals surface area contributed by atoms with Crippen LogP contribution >= 0.6 is 0 Å². The molecule has 21 heavy (non-hydrogen) atoms. The molecule has 9 nitrogen and oxygen atoms in total. The van der Waals surface area contributed by atoms with Gasteiger partial charge in [0.05, 0.1) is 6.61 Å². The van der Waals surface area contributed by atoms with E-state index in [0.717, 1.165) is 19.3 Å². The number of carbonyl (C=O) groups excluding carboxylic acids is 1. The van der Waals surface area contributed by atoms with Gasteiger partial charge in [-0.15, -0.1) is 0 Å². The minimum atomic E-state index is -0.411. The minimum absolute atomic E-state index is 0.184. The van der Waals surface area contributed by atoms with E-state index in [1.165, 1.54) is 0 Å². The second-order valence-corrected chi connectivity index (χ2v) is 4.84. The zero-order chi connectivity index (χ0) is 15.2. The number of nitrogen functional groups attached to an aromatic ring is 1. The maximum absolute atomic E-state index is 11.6. The van der Waals surface area contributed by atoms with Crippen LogP contribution in [-0.4, -0.2) is 40.1 Å². The Hall–Kier alpha value is -2.16. The molecule has 0 aromatic carbocycles. The summed E-state index contributed by atoms with van der Waals surface area (Å²) in [6.45, 7) is 3.14. The lowest BCUT2D eigenvalue weighted by Crippen LogP contribution is -2.48. The molecule has 0 aliphatic carbocycles. The van der Waals surface area contributed by atoms with Gasteiger partial charge >= 0.3 is 6.01 Å². The van der Waals surface area contributed by atoms with Crippen LogP contribution in [0.15, 0.2) is 0 Å². The first kappa shape index (κ1) is 15.2. The average molecular weight is 295 g/mol. The van der Waals surface area contributed by atoms with Crippen LogP contribution in [0.3, 0.4) is 0 Å². The van der Waals surface area contributed by atoms with Gasteiger partial charge in [0.2, 0.25) is 17.8 Å². The molecule has 1 atom stereocenters. The van der Waals surface area contributed by atoms with Gasteiger partial charge in [-0.1, -0.05) is 6.92 Å². The molecule has 9 heteroatoms. The summed E-state index contributed by atoms with van der Waals surface area (Å²) in [6.07, 6.45) is 3.43. The number of carbonyl (C=O) groups is 1. The van der Waals surface area contributed by atoms with Crippen LogP contribution in [0, 0.1) is 0 Å². The first-order chi connectivity index (χ1) is 10.2. The Morgan fingerprint density at radius 2 is 2.24 bits per heavy atom. The van der Waals surface area contributed by atoms with Gasteiger partial charge in [0.15, 0.2) is 0 Å². The number of hydrogen-bond donors (Lipinski definition) is 3. The Labute approximate surface area is 123 Å². The Kier molecular flexibility index (Phi) is 5.09. The van der Waals surface area contributed by atoms with Crippen LogP contribution in [0.5, 0.6) is 6.01 Å². The van der Waals surface area contributed by atoms with Crippen LogP contribution in [0.25, 0.3) is 0 Å². The molecule has 1 saturated heterocycles. The van der Waals surface area contributed by atoms with Gasteiger partial charge in [0.1, 0.15) is 6.04 Å². The van der Waals surface area contributed by atoms with Crippen LogP contribution in [0.1, 0.15) is 32.6 Å². The summed E-state index contributed by atoms with van der Waals surface area (Å²) < 4.78 is 5.42. The second-order valence-electron chi connectivity index (χ2n) is 4.84. The van der Waals surface area contributed by atoms with Crippen molar-refractivity contribution in [2.45, 2.75) is 38.6 Å². The Morgan fingerprint density at radius 3 is 2.90 bits per heavy atom. The van der Waals surface area contributed by atoms with Crippen molar-refractivity contribution in [1.29, 1.82) is 0 Å². The van der Waals surface area contributed by atoms with Gasteiger partial charge in [-0.3, -0.25) is 10.2 Å². The lowest BCUT2D eigenvalue weighted by molar-refractivity contribution is -0.119. The van der Waals surface area contributed by atoms with Crippen LogP contribution in [0.2, 0.25) is 0 Å². The fraction of sp³-hybridized carbons (Fsp3) is 0.667. The highest BCUT2D eigenvalue weighted by Crippen LogP contribution is 2.23. The quantitative estimate of drug-likeness (QED) is 0.485. The molecule has 5 N–H and O–H groups in total. The number of nitrogens with zero attached hydrogens (tertiary/aromatic N) is 4. The highest BCUT2D eigenvalue weighted by molar-refractivity contribution is 5.83. The topological polar surface area (TPSA) is 132 Å². The van der Waals surface area contributed by atoms with Crippen molar-refractivity contribution in [2.24, 2.45) is 11.6 Å². The number of anilines is 2. The first-order valence-corrected chi connectivity index (χ1v) is 7.07. The number of nitrogens with one attached hydrogen (secondary N) is 1. The zero-order valence-corrected chi connectivity index (χ0v) is 12.1. The number of aromatic nitrogens is 3. The van der Waals surface area contributed by atoms with E-state index in [4.69, 9.17) is 16.3 Å². The maximum Gasteiger partial charge on any atom is 0.323 e. The smallest absolute Gasteiger partial charge is 0.323 e. The first-order valence-electron chi connectivity index (χ1n) is 7.07. The SMILES string of the molecule is CCCOc1nc(NN)nc(N2CCCCC2C(N)=O)n1. The Balaban J connectivity index is 2.29. The van der Waals surface area contributed by atoms with Gasteiger partial charge in [-0.05, 0) is 25.7 Å². The maximum atomic E-state index is 11.6. The Morgan fingerprint density at radius 1 is 1.43 bits per heavy atom. The molecule has 0 spiro atoms. The molecule has 2 heterocycles. The molecule has 1 aromatic heterocycles. The second kappa shape index (κ2) is 7.02. The summed E-state index contributed by atoms with van der Waals surface area (Å²) in [5, 5.41) is 0. The number of rotatable bonds is 6. The molecule has 1 fully saturated rings. The normalized spacial score (nSPS) is 18.4. The third-order valence-corrected chi connectivity index (χ3v) is 3.26. The van der Waals surface area contributed by atoms with E-state index in [2.05, 4.69) is 20.4 Å². The van der Waals surface area contributed by atoms with E-state index in [1.54, 1.807) is 4.90 Å². The Bertz CT molecular complexity index is 496. The van der Waals surface area contributed by atoms with Gasteiger partial charge in [0.25, 0.3) is 0 Å². The standard InChI is InChI=1S/C12H21N7O2/c1-2-7-21-12-16-10(18-14)15-11(17-12)19-6-4-3-5-8(19)9(13)20/h8H,2-7,14H2,1H3,(H2,13,20)(H,15,16,17,18). The molecule has 1 unspecified atom stereocenters. The predicted molar refractivity (Wildman–Crippen MR) is 77.6 cm³/mol. The molecule has 1 aliphatic heterocycles. The van der Waals surface area contributed by atoms with E-state index in [9.17, 15) is 4.79 Å². The third-order valence-electron chi connectivity index (χ3n) is 3.26. The summed E-state index contributed by atoms with van der Waals surface area (Å²) in [4.78, 5) is 25.9. The number of hydrogen-bond acceptors (Lipinski definition) is 8. The van der Waals surface area contributed by atoms with Crippen LogP contribution in [-0.2, 0) is 4.79 Å². The number of primary amides is 1. The summed E-state index contributed by atoms with van der Waals surface area (Å²) in [6, 6.07) is -0.227. The van der Waals surface area contributed by atoms with E-state index in [-0.39, 0.29) is 17.9 Å². The lowest BCUT2D eigenvalue weighted by Gasteiger charge is -2.33. The summed E-state index contributed by atoms with van der Waals surface area (Å²) in [5.74, 6) is 5.54. The van der Waals surface area contributed by atoms with Gasteiger partial charge < -0.3 is 15.4 Å². The summed E-state index contributed by atoms with van der Waals surface area (Å²) in [5.41, 5.74) is 7.84. The number of nitrogens with two attached hydrogens (primary N) is 2. The molecule has 1 aliphatic rings. The van der Waals surface area contributed by atoms with Gasteiger partial charge in [0, 0.05) is 6.54 Å². The minimum Gasteiger partial charge on any atom is -0.463 e. The number of hydrazine groups is 1. The van der Waals surface area contributed by atoms with Crippen molar-refractivity contribution in [3.8, 4) is 6.01 Å². The fourth-order valence-electron chi connectivity index (χ4n) is 2.26. The number of ether oxygens (including phenoxy) is 1. The van der Waals surface area contributed by atoms with E-state index >= 15 is 0 Å². The van der Waals surface area contributed by atoms with E-state index in [0.29, 0.717) is 25.5 Å².